The van der Waals surface area contributed by atoms with E-state index in [-0.39, 0.29) is 22.3 Å². The molecule has 0 saturated carbocycles. The van der Waals surface area contributed by atoms with Crippen molar-refractivity contribution < 1.29 is 14.9 Å². The quantitative estimate of drug-likeness (QED) is 0.693. The molecule has 136 valence electrons. The van der Waals surface area contributed by atoms with Crippen LogP contribution < -0.4 is 4.74 Å². The number of hydrogen-bond donors (Lipinski definition) is 2. The van der Waals surface area contributed by atoms with Crippen molar-refractivity contribution in [1.82, 2.24) is 0 Å². The van der Waals surface area contributed by atoms with Crippen molar-refractivity contribution in [3.8, 4) is 23.0 Å². The summed E-state index contributed by atoms with van der Waals surface area (Å²) in [5.41, 5.74) is 3.07. The van der Waals surface area contributed by atoms with Gasteiger partial charge in [0.2, 0.25) is 0 Å². The molecule has 0 atom stereocenters. The van der Waals surface area contributed by atoms with E-state index in [1.807, 2.05) is 26.0 Å². The minimum atomic E-state index is -0.184. The van der Waals surface area contributed by atoms with Crippen molar-refractivity contribution in [2.45, 2.75) is 66.2 Å². The normalized spacial score (nSPS) is 12.3. The SMILES string of the molecule is Cc1cc(O)c(C(C)(C)C)cc1Oc1cc(C(C)(C)C)c(O)cc1C. The molecule has 0 heterocycles. The molecule has 0 bridgehead atoms. The smallest absolute Gasteiger partial charge is 0.130 e. The van der Waals surface area contributed by atoms with Crippen molar-refractivity contribution in [2.24, 2.45) is 0 Å². The predicted octanol–water partition coefficient (Wildman–Crippen LogP) is 6.10. The number of hydrogen-bond acceptors (Lipinski definition) is 3. The fourth-order valence-corrected chi connectivity index (χ4v) is 2.89. The van der Waals surface area contributed by atoms with Gasteiger partial charge in [-0.3, -0.25) is 0 Å². The molecular formula is C22H30O3. The van der Waals surface area contributed by atoms with Gasteiger partial charge in [-0.1, -0.05) is 41.5 Å². The highest BCUT2D eigenvalue weighted by molar-refractivity contribution is 5.53. The summed E-state index contributed by atoms with van der Waals surface area (Å²) in [4.78, 5) is 0. The fraction of sp³-hybridized carbons (Fsp3) is 0.455. The molecule has 25 heavy (non-hydrogen) atoms. The topological polar surface area (TPSA) is 49.7 Å². The third kappa shape index (κ3) is 4.09. The van der Waals surface area contributed by atoms with Crippen molar-refractivity contribution >= 4 is 0 Å². The van der Waals surface area contributed by atoms with E-state index < -0.39 is 0 Å². The van der Waals surface area contributed by atoms with Crippen LogP contribution in [0.5, 0.6) is 23.0 Å². The number of aryl methyl sites for hydroxylation is 2. The monoisotopic (exact) mass is 342 g/mol. The Kier molecular flexibility index (Phi) is 4.82. The number of rotatable bonds is 2. The van der Waals surface area contributed by atoms with Gasteiger partial charge >= 0.3 is 0 Å². The van der Waals surface area contributed by atoms with Crippen LogP contribution >= 0.6 is 0 Å². The molecule has 2 N–H and O–H groups in total. The third-order valence-corrected chi connectivity index (χ3v) is 4.42. The maximum Gasteiger partial charge on any atom is 0.130 e. The lowest BCUT2D eigenvalue weighted by molar-refractivity contribution is 0.428. The molecule has 0 aliphatic carbocycles. The minimum absolute atomic E-state index is 0.184. The van der Waals surface area contributed by atoms with Crippen molar-refractivity contribution in [2.75, 3.05) is 0 Å². The van der Waals surface area contributed by atoms with E-state index in [1.165, 1.54) is 0 Å². The highest BCUT2D eigenvalue weighted by Gasteiger charge is 2.23. The van der Waals surface area contributed by atoms with Gasteiger partial charge in [0.15, 0.2) is 0 Å². The number of benzene rings is 2. The second kappa shape index (κ2) is 6.29. The first kappa shape index (κ1) is 19.2. The van der Waals surface area contributed by atoms with E-state index in [0.29, 0.717) is 0 Å². The van der Waals surface area contributed by atoms with Crippen LogP contribution in [0.1, 0.15) is 63.8 Å². The average Bonchev–Trinajstić information content (AvgIpc) is 2.41. The molecule has 0 aliphatic heterocycles. The molecule has 0 unspecified atom stereocenters. The van der Waals surface area contributed by atoms with Crippen LogP contribution in [0.2, 0.25) is 0 Å². The lowest BCUT2D eigenvalue weighted by Crippen LogP contribution is -2.12. The molecule has 0 radical (unpaired) electrons. The van der Waals surface area contributed by atoms with Crippen LogP contribution in [0.3, 0.4) is 0 Å². The predicted molar refractivity (Wildman–Crippen MR) is 103 cm³/mol. The third-order valence-electron chi connectivity index (χ3n) is 4.42. The van der Waals surface area contributed by atoms with Gasteiger partial charge in [-0.15, -0.1) is 0 Å². The summed E-state index contributed by atoms with van der Waals surface area (Å²) >= 11 is 0. The molecule has 3 heteroatoms. The van der Waals surface area contributed by atoms with Gasteiger partial charge < -0.3 is 14.9 Å². The van der Waals surface area contributed by atoms with E-state index in [4.69, 9.17) is 4.74 Å². The number of aromatic hydroxyl groups is 2. The Morgan fingerprint density at radius 3 is 1.24 bits per heavy atom. The van der Waals surface area contributed by atoms with Gasteiger partial charge in [0.05, 0.1) is 0 Å². The van der Waals surface area contributed by atoms with E-state index in [0.717, 1.165) is 33.8 Å². The van der Waals surface area contributed by atoms with Gasteiger partial charge in [0.25, 0.3) is 0 Å². The second-order valence-electron chi connectivity index (χ2n) is 8.87. The summed E-state index contributed by atoms with van der Waals surface area (Å²) in [6.07, 6.45) is 0. The number of ether oxygens (including phenoxy) is 1. The summed E-state index contributed by atoms with van der Waals surface area (Å²) in [5, 5.41) is 20.5. The molecular weight excluding hydrogens is 312 g/mol. The van der Waals surface area contributed by atoms with Crippen LogP contribution in [0.15, 0.2) is 24.3 Å². The number of phenolic OH excluding ortho intramolecular Hbond substituents is 2. The molecule has 2 aromatic rings. The van der Waals surface area contributed by atoms with E-state index in [2.05, 4.69) is 41.5 Å². The Labute approximate surface area is 151 Å². The zero-order valence-corrected chi connectivity index (χ0v) is 16.6. The van der Waals surface area contributed by atoms with Gasteiger partial charge in [-0.2, -0.15) is 0 Å². The van der Waals surface area contributed by atoms with Crippen LogP contribution in [0.4, 0.5) is 0 Å². The van der Waals surface area contributed by atoms with Crippen molar-refractivity contribution in [3.05, 3.63) is 46.5 Å². The molecule has 0 aromatic heterocycles. The zero-order valence-electron chi connectivity index (χ0n) is 16.6. The number of phenols is 2. The molecule has 0 saturated heterocycles. The summed E-state index contributed by atoms with van der Waals surface area (Å²) in [5.74, 6) is 2.01. The lowest BCUT2D eigenvalue weighted by atomic mass is 9.85. The van der Waals surface area contributed by atoms with E-state index in [1.54, 1.807) is 12.1 Å². The second-order valence-corrected chi connectivity index (χ2v) is 8.87. The van der Waals surface area contributed by atoms with Crippen molar-refractivity contribution in [1.29, 1.82) is 0 Å². The molecule has 0 fully saturated rings. The van der Waals surface area contributed by atoms with Crippen LogP contribution in [-0.2, 0) is 10.8 Å². The fourth-order valence-electron chi connectivity index (χ4n) is 2.89. The summed E-state index contributed by atoms with van der Waals surface area (Å²) in [6.45, 7) is 16.2. The maximum atomic E-state index is 10.3. The highest BCUT2D eigenvalue weighted by atomic mass is 16.5. The first-order valence-corrected chi connectivity index (χ1v) is 8.66. The average molecular weight is 342 g/mol. The highest BCUT2D eigenvalue weighted by Crippen LogP contribution is 2.40. The molecule has 2 rings (SSSR count). The minimum Gasteiger partial charge on any atom is -0.508 e. The Morgan fingerprint density at radius 1 is 0.640 bits per heavy atom. The van der Waals surface area contributed by atoms with Gasteiger partial charge in [-0.05, 0) is 60.1 Å². The van der Waals surface area contributed by atoms with E-state index in [9.17, 15) is 10.2 Å². The standard InChI is InChI=1S/C22H30O3/c1-13-9-17(23)15(21(3,4)5)11-19(13)25-20-12-16(22(6,7)8)18(24)10-14(20)2/h9-12,23-24H,1-8H3. The largest absolute Gasteiger partial charge is 0.508 e. The summed E-state index contributed by atoms with van der Waals surface area (Å²) < 4.78 is 6.20. The maximum absolute atomic E-state index is 10.3. The Bertz CT molecular complexity index is 723. The molecule has 0 amide bonds. The first-order valence-electron chi connectivity index (χ1n) is 8.66. The van der Waals surface area contributed by atoms with Crippen LogP contribution in [0, 0.1) is 13.8 Å². The molecule has 3 nitrogen and oxygen atoms in total. The van der Waals surface area contributed by atoms with Gasteiger partial charge in [0.1, 0.15) is 23.0 Å². The van der Waals surface area contributed by atoms with Gasteiger partial charge in [-0.25, -0.2) is 0 Å². The Balaban J connectivity index is 2.54. The van der Waals surface area contributed by atoms with Gasteiger partial charge in [0, 0.05) is 11.1 Å². The molecule has 2 aromatic carbocycles. The van der Waals surface area contributed by atoms with Crippen LogP contribution in [0.25, 0.3) is 0 Å². The zero-order chi connectivity index (χ0) is 19.2. The molecule has 0 aliphatic rings. The lowest BCUT2D eigenvalue weighted by Gasteiger charge is -2.24. The Morgan fingerprint density at radius 2 is 0.960 bits per heavy atom. The summed E-state index contributed by atoms with van der Waals surface area (Å²) in [6, 6.07) is 7.31. The van der Waals surface area contributed by atoms with E-state index >= 15 is 0 Å². The van der Waals surface area contributed by atoms with Crippen LogP contribution in [-0.4, -0.2) is 10.2 Å². The molecule has 0 spiro atoms. The first-order chi connectivity index (χ1) is 11.3. The van der Waals surface area contributed by atoms with Crippen molar-refractivity contribution in [3.63, 3.8) is 0 Å². The Hall–Kier alpha value is -2.16. The summed E-state index contributed by atoms with van der Waals surface area (Å²) in [7, 11) is 0.